The van der Waals surface area contributed by atoms with Gasteiger partial charge in [0.25, 0.3) is 0 Å². The molecule has 1 aliphatic heterocycles. The van der Waals surface area contributed by atoms with Crippen molar-refractivity contribution in [3.05, 3.63) is 113 Å². The van der Waals surface area contributed by atoms with Crippen LogP contribution in [0.5, 0.6) is 0 Å². The predicted molar refractivity (Wildman–Crippen MR) is 119 cm³/mol. The van der Waals surface area contributed by atoms with Gasteiger partial charge in [0.05, 0.1) is 6.54 Å². The number of hydrogen-bond acceptors (Lipinski definition) is 1. The van der Waals surface area contributed by atoms with Gasteiger partial charge in [-0.1, -0.05) is 84.4 Å². The monoisotopic (exact) mass is 397 g/mol. The van der Waals surface area contributed by atoms with Gasteiger partial charge in [-0.25, -0.2) is 0 Å². The topological polar surface area (TPSA) is 20.3 Å². The van der Waals surface area contributed by atoms with Crippen LogP contribution in [-0.2, 0) is 11.3 Å². The molecule has 4 aromatic carbocycles. The lowest BCUT2D eigenvalue weighted by molar-refractivity contribution is -0.119. The number of amides is 1. The molecular weight excluding hydrogens is 378 g/mol. The molecule has 3 heteroatoms. The number of benzene rings is 4. The summed E-state index contributed by atoms with van der Waals surface area (Å²) in [7, 11) is 0. The first kappa shape index (κ1) is 18.0. The summed E-state index contributed by atoms with van der Waals surface area (Å²) >= 11 is 6.11. The second-order valence-electron chi connectivity index (χ2n) is 7.49. The van der Waals surface area contributed by atoms with Crippen molar-refractivity contribution in [2.45, 2.75) is 18.9 Å². The van der Waals surface area contributed by atoms with Gasteiger partial charge in [0.15, 0.2) is 0 Å². The van der Waals surface area contributed by atoms with E-state index in [0.29, 0.717) is 18.0 Å². The van der Waals surface area contributed by atoms with Crippen LogP contribution in [0.4, 0.5) is 5.69 Å². The molecule has 0 fully saturated rings. The minimum absolute atomic E-state index is 0.0212. The number of rotatable bonds is 3. The standard InChI is InChI=1S/C26H20ClNO/c27-21-13-10-20(11-14-21)23-16-25(29)28(17-18-6-2-1-3-7-18)24-15-12-19-8-4-5-9-22(19)26(23)24/h1-15,23H,16-17H2. The highest BCUT2D eigenvalue weighted by Gasteiger charge is 2.33. The molecule has 0 N–H and O–H groups in total. The Kier molecular flexibility index (Phi) is 4.57. The highest BCUT2D eigenvalue weighted by molar-refractivity contribution is 6.30. The Bertz CT molecular complexity index is 1180. The SMILES string of the molecule is O=C1CC(c2ccc(Cl)cc2)c2c(ccc3ccccc23)N1Cc1ccccc1. The third kappa shape index (κ3) is 3.30. The Morgan fingerprint density at radius 2 is 1.55 bits per heavy atom. The molecule has 5 rings (SSSR count). The molecule has 0 saturated carbocycles. The first-order chi connectivity index (χ1) is 14.2. The van der Waals surface area contributed by atoms with Gasteiger partial charge in [-0.2, -0.15) is 0 Å². The fourth-order valence-corrected chi connectivity index (χ4v) is 4.45. The summed E-state index contributed by atoms with van der Waals surface area (Å²) in [6.07, 6.45) is 0.454. The van der Waals surface area contributed by atoms with Crippen LogP contribution in [0.15, 0.2) is 91.0 Å². The Morgan fingerprint density at radius 3 is 2.34 bits per heavy atom. The van der Waals surface area contributed by atoms with E-state index in [1.807, 2.05) is 47.4 Å². The number of halogens is 1. The predicted octanol–water partition coefficient (Wildman–Crippen LogP) is 6.56. The lowest BCUT2D eigenvalue weighted by Crippen LogP contribution is -2.36. The molecule has 1 amide bonds. The minimum atomic E-state index is 0.0212. The van der Waals surface area contributed by atoms with Crippen molar-refractivity contribution < 1.29 is 4.79 Å². The first-order valence-corrected chi connectivity index (χ1v) is 10.2. The van der Waals surface area contributed by atoms with Gasteiger partial charge in [-0.15, -0.1) is 0 Å². The molecule has 1 atom stereocenters. The summed E-state index contributed by atoms with van der Waals surface area (Å²) in [5.74, 6) is 0.171. The summed E-state index contributed by atoms with van der Waals surface area (Å²) in [6.45, 7) is 0.582. The second kappa shape index (κ2) is 7.38. The Balaban J connectivity index is 1.69. The van der Waals surface area contributed by atoms with Gasteiger partial charge in [0, 0.05) is 23.0 Å². The Hall–Kier alpha value is -3.10. The normalized spacial score (nSPS) is 16.1. The summed E-state index contributed by atoms with van der Waals surface area (Å²) in [4.78, 5) is 15.2. The lowest BCUT2D eigenvalue weighted by Gasteiger charge is -2.35. The van der Waals surface area contributed by atoms with Crippen molar-refractivity contribution >= 4 is 34.0 Å². The quantitative estimate of drug-likeness (QED) is 0.383. The Labute approximate surface area is 175 Å². The molecule has 1 aliphatic rings. The van der Waals surface area contributed by atoms with Crippen molar-refractivity contribution in [1.82, 2.24) is 0 Å². The lowest BCUT2D eigenvalue weighted by atomic mass is 9.81. The minimum Gasteiger partial charge on any atom is -0.308 e. The molecule has 1 unspecified atom stereocenters. The number of nitrogens with zero attached hydrogens (tertiary/aromatic N) is 1. The summed E-state index contributed by atoms with van der Waals surface area (Å²) in [6, 6.07) is 30.7. The van der Waals surface area contributed by atoms with E-state index in [-0.39, 0.29) is 11.8 Å². The zero-order valence-electron chi connectivity index (χ0n) is 15.9. The van der Waals surface area contributed by atoms with Crippen molar-refractivity contribution in [1.29, 1.82) is 0 Å². The highest BCUT2D eigenvalue weighted by atomic mass is 35.5. The summed E-state index contributed by atoms with van der Waals surface area (Å²) in [5, 5.41) is 3.11. The van der Waals surface area contributed by atoms with Crippen molar-refractivity contribution in [2.24, 2.45) is 0 Å². The molecule has 142 valence electrons. The maximum Gasteiger partial charge on any atom is 0.228 e. The van der Waals surface area contributed by atoms with E-state index < -0.39 is 0 Å². The third-order valence-corrected chi connectivity index (χ3v) is 5.97. The number of fused-ring (bicyclic) bond motifs is 3. The largest absolute Gasteiger partial charge is 0.308 e. The second-order valence-corrected chi connectivity index (χ2v) is 7.93. The van der Waals surface area contributed by atoms with E-state index >= 15 is 0 Å². The molecule has 0 aliphatic carbocycles. The average Bonchev–Trinajstić information content (AvgIpc) is 2.76. The van der Waals surface area contributed by atoms with Crippen molar-refractivity contribution in [3.8, 4) is 0 Å². The fraction of sp³-hybridized carbons (Fsp3) is 0.115. The molecule has 0 saturated heterocycles. The van der Waals surface area contributed by atoms with Crippen molar-refractivity contribution in [3.63, 3.8) is 0 Å². The zero-order chi connectivity index (χ0) is 19.8. The number of hydrogen-bond donors (Lipinski definition) is 0. The van der Waals surface area contributed by atoms with Crippen LogP contribution in [0.1, 0.15) is 29.0 Å². The zero-order valence-corrected chi connectivity index (χ0v) is 16.6. The van der Waals surface area contributed by atoms with E-state index in [1.165, 1.54) is 16.3 Å². The van der Waals surface area contributed by atoms with Crippen LogP contribution in [0, 0.1) is 0 Å². The van der Waals surface area contributed by atoms with E-state index in [9.17, 15) is 4.79 Å². The molecule has 1 heterocycles. The highest BCUT2D eigenvalue weighted by Crippen LogP contribution is 2.44. The molecule has 4 aromatic rings. The molecule has 0 bridgehead atoms. The van der Waals surface area contributed by atoms with Crippen LogP contribution in [0.3, 0.4) is 0 Å². The molecule has 2 nitrogen and oxygen atoms in total. The Morgan fingerprint density at radius 1 is 0.828 bits per heavy atom. The van der Waals surface area contributed by atoms with Gasteiger partial charge in [-0.05, 0) is 45.7 Å². The number of anilines is 1. The van der Waals surface area contributed by atoms with E-state index in [1.54, 1.807) is 0 Å². The van der Waals surface area contributed by atoms with Crippen LogP contribution in [0.2, 0.25) is 5.02 Å². The average molecular weight is 398 g/mol. The molecular formula is C26H20ClNO. The van der Waals surface area contributed by atoms with Gasteiger partial charge in [-0.3, -0.25) is 4.79 Å². The van der Waals surface area contributed by atoms with Crippen LogP contribution in [-0.4, -0.2) is 5.91 Å². The third-order valence-electron chi connectivity index (χ3n) is 5.72. The molecule has 0 aromatic heterocycles. The van der Waals surface area contributed by atoms with E-state index in [4.69, 9.17) is 11.6 Å². The van der Waals surface area contributed by atoms with Crippen LogP contribution >= 0.6 is 11.6 Å². The van der Waals surface area contributed by atoms with Gasteiger partial charge >= 0.3 is 0 Å². The van der Waals surface area contributed by atoms with Crippen LogP contribution < -0.4 is 4.90 Å². The van der Waals surface area contributed by atoms with E-state index in [0.717, 1.165) is 16.8 Å². The number of carbonyl (C=O) groups excluding carboxylic acids is 1. The smallest absolute Gasteiger partial charge is 0.228 e. The number of carbonyl (C=O) groups is 1. The summed E-state index contributed by atoms with van der Waals surface area (Å²) in [5.41, 5.74) is 4.48. The summed E-state index contributed by atoms with van der Waals surface area (Å²) < 4.78 is 0. The van der Waals surface area contributed by atoms with Gasteiger partial charge in [0.2, 0.25) is 5.91 Å². The van der Waals surface area contributed by atoms with Gasteiger partial charge < -0.3 is 4.90 Å². The first-order valence-electron chi connectivity index (χ1n) is 9.82. The molecule has 29 heavy (non-hydrogen) atoms. The maximum absolute atomic E-state index is 13.2. The van der Waals surface area contributed by atoms with Gasteiger partial charge in [0.1, 0.15) is 0 Å². The molecule has 0 radical (unpaired) electrons. The van der Waals surface area contributed by atoms with Crippen molar-refractivity contribution in [2.75, 3.05) is 4.90 Å². The molecule has 0 spiro atoms. The fourth-order valence-electron chi connectivity index (χ4n) is 4.33. The van der Waals surface area contributed by atoms with Crippen LogP contribution in [0.25, 0.3) is 10.8 Å². The van der Waals surface area contributed by atoms with E-state index in [2.05, 4.69) is 48.5 Å². The maximum atomic E-state index is 13.2.